The van der Waals surface area contributed by atoms with Crippen LogP contribution in [0.25, 0.3) is 0 Å². The molecule has 3 heterocycles. The Morgan fingerprint density at radius 2 is 1.86 bits per heavy atom. The highest BCUT2D eigenvalue weighted by Crippen LogP contribution is 2.38. The molecule has 1 atom stereocenters. The van der Waals surface area contributed by atoms with Crippen LogP contribution in [0.3, 0.4) is 0 Å². The van der Waals surface area contributed by atoms with Crippen LogP contribution in [0, 0.1) is 11.8 Å². The zero-order chi connectivity index (χ0) is 19.1. The number of nitrogens with one attached hydrogen (secondary N) is 1. The van der Waals surface area contributed by atoms with Crippen molar-refractivity contribution in [2.75, 3.05) is 19.6 Å². The average molecular weight is 385 g/mol. The lowest BCUT2D eigenvalue weighted by atomic mass is 9.88. The molecule has 2 aliphatic carbocycles. The van der Waals surface area contributed by atoms with Gasteiger partial charge >= 0.3 is 0 Å². The Kier molecular flexibility index (Phi) is 4.99. The van der Waals surface area contributed by atoms with E-state index in [-0.39, 0.29) is 23.4 Å². The van der Waals surface area contributed by atoms with Crippen molar-refractivity contribution in [2.45, 2.75) is 76.8 Å². The Hall–Kier alpha value is -1.69. The van der Waals surface area contributed by atoms with Gasteiger partial charge in [-0.3, -0.25) is 14.5 Å². The molecule has 0 spiro atoms. The van der Waals surface area contributed by atoms with Crippen LogP contribution in [0.15, 0.2) is 4.79 Å². The third-order valence-corrected chi connectivity index (χ3v) is 7.19. The molecule has 1 amide bonds. The summed E-state index contributed by atoms with van der Waals surface area (Å²) in [4.78, 5) is 37.8. The SMILES string of the molecule is O=C(C1CC1)N1CCC[C@H]1c1nc2c(c(=O)[nH]1)CN(CC1CCCCC1)CC2. The van der Waals surface area contributed by atoms with E-state index in [2.05, 4.69) is 9.88 Å². The lowest BCUT2D eigenvalue weighted by molar-refractivity contribution is -0.133. The maximum atomic E-state index is 12.9. The Bertz CT molecular complexity index is 794. The van der Waals surface area contributed by atoms with Gasteiger partial charge < -0.3 is 9.88 Å². The lowest BCUT2D eigenvalue weighted by Gasteiger charge is -2.33. The van der Waals surface area contributed by atoms with E-state index in [4.69, 9.17) is 4.98 Å². The van der Waals surface area contributed by atoms with Crippen LogP contribution in [0.2, 0.25) is 0 Å². The molecular formula is C22H32N4O2. The first-order valence-corrected chi connectivity index (χ1v) is 11.3. The smallest absolute Gasteiger partial charge is 0.255 e. The van der Waals surface area contributed by atoms with Crippen molar-refractivity contribution >= 4 is 5.91 Å². The molecule has 28 heavy (non-hydrogen) atoms. The predicted octanol–water partition coefficient (Wildman–Crippen LogP) is 2.78. The van der Waals surface area contributed by atoms with Crippen molar-refractivity contribution in [3.63, 3.8) is 0 Å². The van der Waals surface area contributed by atoms with Crippen LogP contribution in [-0.4, -0.2) is 45.3 Å². The van der Waals surface area contributed by atoms with Crippen molar-refractivity contribution in [2.24, 2.45) is 11.8 Å². The third-order valence-electron chi connectivity index (χ3n) is 7.19. The highest BCUT2D eigenvalue weighted by molar-refractivity contribution is 5.81. The van der Waals surface area contributed by atoms with Gasteiger partial charge in [-0.05, 0) is 44.4 Å². The number of nitrogens with zero attached hydrogens (tertiary/aromatic N) is 3. The minimum atomic E-state index is -0.0358. The molecule has 1 aromatic rings. The van der Waals surface area contributed by atoms with Gasteiger partial charge in [-0.15, -0.1) is 0 Å². The second-order valence-corrected chi connectivity index (χ2v) is 9.33. The highest BCUT2D eigenvalue weighted by atomic mass is 16.2. The maximum absolute atomic E-state index is 12.9. The number of aromatic amines is 1. The van der Waals surface area contributed by atoms with Gasteiger partial charge in [0.05, 0.1) is 17.3 Å². The molecule has 4 aliphatic rings. The molecular weight excluding hydrogens is 352 g/mol. The van der Waals surface area contributed by atoms with E-state index in [1.807, 2.05) is 4.90 Å². The minimum Gasteiger partial charge on any atom is -0.332 e. The van der Waals surface area contributed by atoms with Crippen LogP contribution < -0.4 is 5.56 Å². The minimum absolute atomic E-state index is 0.0130. The third kappa shape index (κ3) is 3.63. The summed E-state index contributed by atoms with van der Waals surface area (Å²) in [5.74, 6) is 2.00. The van der Waals surface area contributed by atoms with E-state index in [1.165, 1.54) is 32.1 Å². The second kappa shape index (κ2) is 7.62. The monoisotopic (exact) mass is 384 g/mol. The van der Waals surface area contributed by atoms with E-state index >= 15 is 0 Å². The number of rotatable bonds is 4. The molecule has 152 valence electrons. The van der Waals surface area contributed by atoms with Gasteiger partial charge in [0.2, 0.25) is 5.91 Å². The maximum Gasteiger partial charge on any atom is 0.255 e. The zero-order valence-corrected chi connectivity index (χ0v) is 16.8. The standard InChI is InChI=1S/C22H32N4O2/c27-21-17-14-25(13-15-5-2-1-3-6-15)12-10-18(17)23-20(24-21)19-7-4-11-26(19)22(28)16-8-9-16/h15-16,19H,1-14H2,(H,23,24,27)/t19-/m0/s1. The van der Waals surface area contributed by atoms with Gasteiger partial charge in [0.15, 0.2) is 0 Å². The second-order valence-electron chi connectivity index (χ2n) is 9.33. The van der Waals surface area contributed by atoms with E-state index in [9.17, 15) is 9.59 Å². The number of carbonyl (C=O) groups excluding carboxylic acids is 1. The van der Waals surface area contributed by atoms with E-state index in [1.54, 1.807) is 0 Å². The Morgan fingerprint density at radius 1 is 1.04 bits per heavy atom. The fourth-order valence-corrected chi connectivity index (χ4v) is 5.43. The largest absolute Gasteiger partial charge is 0.332 e. The number of hydrogen-bond acceptors (Lipinski definition) is 4. The molecule has 2 saturated carbocycles. The van der Waals surface area contributed by atoms with Crippen LogP contribution in [0.4, 0.5) is 0 Å². The van der Waals surface area contributed by atoms with Crippen LogP contribution in [0.1, 0.15) is 80.9 Å². The molecule has 1 aromatic heterocycles. The van der Waals surface area contributed by atoms with Gasteiger partial charge in [0.25, 0.3) is 5.56 Å². The van der Waals surface area contributed by atoms with Gasteiger partial charge in [0, 0.05) is 38.5 Å². The summed E-state index contributed by atoms with van der Waals surface area (Å²) in [7, 11) is 0. The number of amides is 1. The van der Waals surface area contributed by atoms with Gasteiger partial charge in [-0.2, -0.15) is 0 Å². The molecule has 0 aromatic carbocycles. The molecule has 0 radical (unpaired) electrons. The van der Waals surface area contributed by atoms with E-state index < -0.39 is 0 Å². The number of aromatic nitrogens is 2. The summed E-state index contributed by atoms with van der Waals surface area (Å²) in [6, 6.07) is -0.0358. The first-order valence-electron chi connectivity index (χ1n) is 11.3. The number of hydrogen-bond donors (Lipinski definition) is 1. The first kappa shape index (κ1) is 18.3. The normalized spacial score (nSPS) is 26.4. The number of fused-ring (bicyclic) bond motifs is 1. The summed E-state index contributed by atoms with van der Waals surface area (Å²) in [5.41, 5.74) is 1.83. The van der Waals surface area contributed by atoms with Crippen molar-refractivity contribution in [1.29, 1.82) is 0 Å². The fourth-order valence-electron chi connectivity index (χ4n) is 5.43. The molecule has 1 saturated heterocycles. The van der Waals surface area contributed by atoms with Crippen LogP contribution >= 0.6 is 0 Å². The predicted molar refractivity (Wildman–Crippen MR) is 107 cm³/mol. The average Bonchev–Trinajstić information content (AvgIpc) is 3.45. The molecule has 3 fully saturated rings. The van der Waals surface area contributed by atoms with E-state index in [0.29, 0.717) is 0 Å². The van der Waals surface area contributed by atoms with Gasteiger partial charge in [-0.25, -0.2) is 4.98 Å². The van der Waals surface area contributed by atoms with Gasteiger partial charge in [0.1, 0.15) is 5.82 Å². The van der Waals surface area contributed by atoms with Crippen LogP contribution in [0.5, 0.6) is 0 Å². The van der Waals surface area contributed by atoms with Crippen molar-refractivity contribution in [3.8, 4) is 0 Å². The topological polar surface area (TPSA) is 69.3 Å². The quantitative estimate of drug-likeness (QED) is 0.867. The summed E-state index contributed by atoms with van der Waals surface area (Å²) in [6.45, 7) is 3.64. The highest BCUT2D eigenvalue weighted by Gasteiger charge is 2.40. The van der Waals surface area contributed by atoms with Crippen molar-refractivity contribution in [3.05, 3.63) is 27.4 Å². The molecule has 6 nitrogen and oxygen atoms in total. The summed E-state index contributed by atoms with van der Waals surface area (Å²) in [5, 5.41) is 0. The fraction of sp³-hybridized carbons (Fsp3) is 0.773. The molecule has 6 heteroatoms. The number of likely N-dealkylation sites (tertiary alicyclic amines) is 1. The Morgan fingerprint density at radius 3 is 2.64 bits per heavy atom. The van der Waals surface area contributed by atoms with Gasteiger partial charge in [-0.1, -0.05) is 19.3 Å². The molecule has 0 bridgehead atoms. The first-order chi connectivity index (χ1) is 13.7. The molecule has 2 aliphatic heterocycles. The summed E-state index contributed by atoms with van der Waals surface area (Å²) < 4.78 is 0. The summed E-state index contributed by atoms with van der Waals surface area (Å²) >= 11 is 0. The molecule has 5 rings (SSSR count). The number of carbonyl (C=O) groups is 1. The van der Waals surface area contributed by atoms with Crippen LogP contribution in [-0.2, 0) is 17.8 Å². The Labute approximate surface area is 166 Å². The Balaban J connectivity index is 1.31. The van der Waals surface area contributed by atoms with Crippen molar-refractivity contribution < 1.29 is 4.79 Å². The molecule has 0 unspecified atom stereocenters. The number of H-pyrrole nitrogens is 1. The summed E-state index contributed by atoms with van der Waals surface area (Å²) in [6.07, 6.45) is 11.6. The lowest BCUT2D eigenvalue weighted by Crippen LogP contribution is -2.40. The zero-order valence-electron chi connectivity index (χ0n) is 16.8. The van der Waals surface area contributed by atoms with Crippen molar-refractivity contribution in [1.82, 2.24) is 19.8 Å². The van der Waals surface area contributed by atoms with E-state index in [0.717, 1.165) is 81.3 Å². The molecule has 1 N–H and O–H groups in total.